The number of thioether (sulfide) groups is 1. The fourth-order valence-electron chi connectivity index (χ4n) is 0.798. The van der Waals surface area contributed by atoms with Crippen LogP contribution in [0.1, 0.15) is 12.7 Å². The number of hydrogen-bond donors (Lipinski definition) is 2. The summed E-state index contributed by atoms with van der Waals surface area (Å²) in [5, 5.41) is 16.9. The van der Waals surface area contributed by atoms with E-state index in [4.69, 9.17) is 14.6 Å². The minimum atomic E-state index is -0.916. The number of carboxylic acid groups (broad SMARTS) is 1. The molecule has 0 amide bonds. The van der Waals surface area contributed by atoms with Crippen LogP contribution >= 0.6 is 11.8 Å². The minimum Gasteiger partial charge on any atom is -0.502 e. The lowest BCUT2D eigenvalue weighted by atomic mass is 10.4. The predicted octanol–water partition coefficient (Wildman–Crippen LogP) is 1.05. The van der Waals surface area contributed by atoms with Crippen molar-refractivity contribution in [3.63, 3.8) is 0 Å². The van der Waals surface area contributed by atoms with Crippen LogP contribution in [-0.2, 0) is 10.5 Å². The first-order chi connectivity index (χ1) is 7.00. The molecular formula is C9H10O5S. The Hall–Kier alpha value is -1.43. The molecule has 0 aliphatic carbocycles. The molecule has 1 rings (SSSR count). The molecule has 0 aliphatic heterocycles. The topological polar surface area (TPSA) is 87.7 Å². The molecule has 1 aromatic heterocycles. The van der Waals surface area contributed by atoms with Gasteiger partial charge in [-0.05, 0) is 6.92 Å². The third-order valence-corrected chi connectivity index (χ3v) is 2.84. The van der Waals surface area contributed by atoms with Gasteiger partial charge in [0.15, 0.2) is 5.75 Å². The van der Waals surface area contributed by atoms with Gasteiger partial charge in [0.05, 0.1) is 11.0 Å². The van der Waals surface area contributed by atoms with Crippen molar-refractivity contribution in [2.24, 2.45) is 0 Å². The average molecular weight is 230 g/mol. The zero-order valence-electron chi connectivity index (χ0n) is 7.97. The van der Waals surface area contributed by atoms with Gasteiger partial charge in [-0.1, -0.05) is 0 Å². The van der Waals surface area contributed by atoms with Crippen LogP contribution in [0.4, 0.5) is 0 Å². The van der Waals surface area contributed by atoms with E-state index < -0.39 is 22.4 Å². The molecule has 1 atom stereocenters. The number of aromatic hydroxyl groups is 1. The summed E-state index contributed by atoms with van der Waals surface area (Å²) in [4.78, 5) is 21.5. The maximum atomic E-state index is 11.0. The zero-order chi connectivity index (χ0) is 11.4. The second kappa shape index (κ2) is 4.88. The highest BCUT2D eigenvalue weighted by Crippen LogP contribution is 2.17. The Kier molecular flexibility index (Phi) is 3.79. The fourth-order valence-corrected chi connectivity index (χ4v) is 1.51. The molecule has 1 aromatic rings. The molecule has 0 aromatic carbocycles. The summed E-state index contributed by atoms with van der Waals surface area (Å²) in [6.07, 6.45) is 0.948. The Morgan fingerprint density at radius 1 is 1.67 bits per heavy atom. The molecule has 0 spiro atoms. The van der Waals surface area contributed by atoms with E-state index in [-0.39, 0.29) is 5.75 Å². The Labute approximate surface area is 89.7 Å². The number of hydrogen-bond acceptors (Lipinski definition) is 5. The molecule has 2 N–H and O–H groups in total. The Morgan fingerprint density at radius 2 is 2.33 bits per heavy atom. The number of carboxylic acids is 1. The van der Waals surface area contributed by atoms with Gasteiger partial charge in [-0.25, -0.2) is 0 Å². The van der Waals surface area contributed by atoms with Crippen molar-refractivity contribution < 1.29 is 19.4 Å². The largest absolute Gasteiger partial charge is 0.502 e. The van der Waals surface area contributed by atoms with Gasteiger partial charge in [0.2, 0.25) is 5.43 Å². The molecule has 1 unspecified atom stereocenters. The van der Waals surface area contributed by atoms with Crippen molar-refractivity contribution in [3.05, 3.63) is 28.3 Å². The molecule has 1 heterocycles. The van der Waals surface area contributed by atoms with Gasteiger partial charge in [-0.3, -0.25) is 9.59 Å². The van der Waals surface area contributed by atoms with Crippen LogP contribution in [0.2, 0.25) is 0 Å². The maximum Gasteiger partial charge on any atom is 0.316 e. The van der Waals surface area contributed by atoms with Gasteiger partial charge >= 0.3 is 5.97 Å². The SMILES string of the molecule is CC(SCc1cc(=O)c(O)co1)C(=O)O. The quantitative estimate of drug-likeness (QED) is 0.803. The number of rotatable bonds is 4. The lowest BCUT2D eigenvalue weighted by molar-refractivity contribution is -0.136. The summed E-state index contributed by atoms with van der Waals surface area (Å²) >= 11 is 1.14. The van der Waals surface area contributed by atoms with Crippen molar-refractivity contribution in [1.29, 1.82) is 0 Å². The Morgan fingerprint density at radius 3 is 2.87 bits per heavy atom. The molecule has 6 heteroatoms. The van der Waals surface area contributed by atoms with E-state index in [9.17, 15) is 9.59 Å². The lowest BCUT2D eigenvalue weighted by Crippen LogP contribution is -2.11. The first-order valence-corrected chi connectivity index (χ1v) is 5.20. The van der Waals surface area contributed by atoms with E-state index >= 15 is 0 Å². The fraction of sp³-hybridized carbons (Fsp3) is 0.333. The van der Waals surface area contributed by atoms with E-state index in [0.29, 0.717) is 5.76 Å². The summed E-state index contributed by atoms with van der Waals surface area (Å²) in [6.45, 7) is 1.55. The molecular weight excluding hydrogens is 220 g/mol. The van der Waals surface area contributed by atoms with E-state index in [1.165, 1.54) is 0 Å². The zero-order valence-corrected chi connectivity index (χ0v) is 8.78. The van der Waals surface area contributed by atoms with Crippen molar-refractivity contribution in [2.75, 3.05) is 0 Å². The first-order valence-electron chi connectivity index (χ1n) is 4.16. The van der Waals surface area contributed by atoms with Crippen LogP contribution in [0.25, 0.3) is 0 Å². The summed E-state index contributed by atoms with van der Waals surface area (Å²) in [6, 6.07) is 1.15. The standard InChI is InChI=1S/C9H10O5S/c1-5(9(12)13)15-4-6-2-7(10)8(11)3-14-6/h2-3,5,11H,4H2,1H3,(H,12,13). The van der Waals surface area contributed by atoms with E-state index in [0.717, 1.165) is 24.1 Å². The van der Waals surface area contributed by atoms with Crippen LogP contribution in [0, 0.1) is 0 Å². The highest BCUT2D eigenvalue weighted by Gasteiger charge is 2.12. The summed E-state index contributed by atoms with van der Waals surface area (Å²) in [5.41, 5.74) is -0.528. The van der Waals surface area contributed by atoms with Crippen LogP contribution in [-0.4, -0.2) is 21.4 Å². The van der Waals surface area contributed by atoms with Gasteiger partial charge < -0.3 is 14.6 Å². The van der Waals surface area contributed by atoms with Crippen molar-refractivity contribution in [1.82, 2.24) is 0 Å². The molecule has 82 valence electrons. The Balaban J connectivity index is 2.62. The third-order valence-electron chi connectivity index (χ3n) is 1.69. The van der Waals surface area contributed by atoms with Crippen molar-refractivity contribution in [2.45, 2.75) is 17.9 Å². The number of aliphatic carboxylic acids is 1. The molecule has 15 heavy (non-hydrogen) atoms. The average Bonchev–Trinajstić information content (AvgIpc) is 2.19. The van der Waals surface area contributed by atoms with Crippen LogP contribution in [0.5, 0.6) is 5.75 Å². The van der Waals surface area contributed by atoms with Crippen molar-refractivity contribution in [3.8, 4) is 5.75 Å². The predicted molar refractivity (Wildman–Crippen MR) is 55.0 cm³/mol. The molecule has 0 aliphatic rings. The summed E-state index contributed by atoms with van der Waals surface area (Å²) in [5.74, 6) is -0.741. The monoisotopic (exact) mass is 230 g/mol. The molecule has 0 saturated heterocycles. The van der Waals surface area contributed by atoms with Crippen LogP contribution in [0.15, 0.2) is 21.5 Å². The highest BCUT2D eigenvalue weighted by molar-refractivity contribution is 7.99. The molecule has 0 bridgehead atoms. The Bertz CT molecular complexity index is 411. The van der Waals surface area contributed by atoms with E-state index in [2.05, 4.69) is 0 Å². The van der Waals surface area contributed by atoms with Crippen LogP contribution in [0.3, 0.4) is 0 Å². The molecule has 0 fully saturated rings. The number of carbonyl (C=O) groups is 1. The molecule has 0 radical (unpaired) electrons. The minimum absolute atomic E-state index is 0.281. The normalized spacial score (nSPS) is 12.3. The second-order valence-corrected chi connectivity index (χ2v) is 4.22. The lowest BCUT2D eigenvalue weighted by Gasteiger charge is -2.04. The molecule has 0 saturated carbocycles. The van der Waals surface area contributed by atoms with Gasteiger partial charge in [0.25, 0.3) is 0 Å². The van der Waals surface area contributed by atoms with Crippen LogP contribution < -0.4 is 5.43 Å². The van der Waals surface area contributed by atoms with E-state index in [1.54, 1.807) is 6.92 Å². The molecule has 5 nitrogen and oxygen atoms in total. The summed E-state index contributed by atoms with van der Waals surface area (Å²) in [7, 11) is 0. The second-order valence-electron chi connectivity index (χ2n) is 2.89. The van der Waals surface area contributed by atoms with Crippen molar-refractivity contribution >= 4 is 17.7 Å². The smallest absolute Gasteiger partial charge is 0.316 e. The highest BCUT2D eigenvalue weighted by atomic mass is 32.2. The maximum absolute atomic E-state index is 11.0. The first kappa shape index (κ1) is 11.6. The third kappa shape index (κ3) is 3.32. The summed E-state index contributed by atoms with van der Waals surface area (Å²) < 4.78 is 4.91. The van der Waals surface area contributed by atoms with Gasteiger partial charge in [0, 0.05) is 6.07 Å². The van der Waals surface area contributed by atoms with Gasteiger partial charge in [-0.2, -0.15) is 0 Å². The van der Waals surface area contributed by atoms with Gasteiger partial charge in [-0.15, -0.1) is 11.8 Å². The van der Waals surface area contributed by atoms with E-state index in [1.807, 2.05) is 0 Å². The van der Waals surface area contributed by atoms with Gasteiger partial charge in [0.1, 0.15) is 12.0 Å².